The monoisotopic (exact) mass is 317 g/mol. The molecule has 0 saturated carbocycles. The molecule has 1 aromatic rings. The fourth-order valence-corrected chi connectivity index (χ4v) is 3.66. The molecule has 1 aromatic carbocycles. The second-order valence-corrected chi connectivity index (χ2v) is 6.61. The molecule has 0 N–H and O–H groups in total. The van der Waals surface area contributed by atoms with Crippen LogP contribution in [0, 0.1) is 13.8 Å². The maximum Gasteiger partial charge on any atom is 0.292 e. The zero-order chi connectivity index (χ0) is 16.4. The van der Waals surface area contributed by atoms with E-state index in [9.17, 15) is 4.79 Å². The van der Waals surface area contributed by atoms with E-state index in [0.717, 1.165) is 48.2 Å². The molecule has 2 heterocycles. The maximum absolute atomic E-state index is 13.2. The fraction of sp³-hybridized carbons (Fsp3) is 0.632. The van der Waals surface area contributed by atoms with Gasteiger partial charge in [-0.05, 0) is 37.8 Å². The van der Waals surface area contributed by atoms with Crippen LogP contribution in [0.4, 0.5) is 5.69 Å². The van der Waals surface area contributed by atoms with E-state index in [1.807, 2.05) is 11.8 Å². The average Bonchev–Trinajstić information content (AvgIpc) is 2.79. The lowest BCUT2D eigenvalue weighted by atomic mass is 9.97. The summed E-state index contributed by atoms with van der Waals surface area (Å²) in [6.07, 6.45) is 5.40. The van der Waals surface area contributed by atoms with Crippen molar-refractivity contribution in [3.63, 3.8) is 0 Å². The van der Waals surface area contributed by atoms with Gasteiger partial charge in [0.05, 0.1) is 18.9 Å². The molecule has 1 spiro atoms. The Morgan fingerprint density at radius 3 is 2.48 bits per heavy atom. The standard InChI is InChI=1S/C19H27NO3/c1-4-5-6-7-11-20-17-15(3)10-9-14(2)16(17)19(18(20)21)22-12-8-13-23-19/h9-10H,4-8,11-13H2,1-3H3. The number of amides is 1. The third kappa shape index (κ3) is 2.68. The van der Waals surface area contributed by atoms with Crippen molar-refractivity contribution in [1.29, 1.82) is 0 Å². The van der Waals surface area contributed by atoms with E-state index in [0.29, 0.717) is 13.2 Å². The highest BCUT2D eigenvalue weighted by Gasteiger charge is 2.55. The number of hydrogen-bond acceptors (Lipinski definition) is 3. The first-order valence-corrected chi connectivity index (χ1v) is 8.82. The second kappa shape index (κ2) is 6.62. The molecule has 2 aliphatic heterocycles. The summed E-state index contributed by atoms with van der Waals surface area (Å²) in [5.74, 6) is -1.24. The van der Waals surface area contributed by atoms with Gasteiger partial charge in [0.1, 0.15) is 0 Å². The van der Waals surface area contributed by atoms with Gasteiger partial charge in [-0.25, -0.2) is 0 Å². The lowest BCUT2D eigenvalue weighted by Gasteiger charge is -2.33. The van der Waals surface area contributed by atoms with Crippen molar-refractivity contribution in [3.05, 3.63) is 28.8 Å². The highest BCUT2D eigenvalue weighted by molar-refractivity contribution is 6.07. The molecule has 0 unspecified atom stereocenters. The molecule has 4 nitrogen and oxygen atoms in total. The molecule has 3 rings (SSSR count). The molecule has 23 heavy (non-hydrogen) atoms. The van der Waals surface area contributed by atoms with E-state index in [1.165, 1.54) is 12.8 Å². The molecule has 1 fully saturated rings. The van der Waals surface area contributed by atoms with E-state index in [-0.39, 0.29) is 5.91 Å². The molecule has 0 atom stereocenters. The summed E-state index contributed by atoms with van der Waals surface area (Å²) in [6.45, 7) is 8.18. The number of unbranched alkanes of at least 4 members (excludes halogenated alkanes) is 3. The molecular formula is C19H27NO3. The Morgan fingerprint density at radius 1 is 1.09 bits per heavy atom. The molecule has 126 valence electrons. The summed E-state index contributed by atoms with van der Waals surface area (Å²) in [5, 5.41) is 0. The highest BCUT2D eigenvalue weighted by Crippen LogP contribution is 2.48. The molecule has 0 aliphatic carbocycles. The van der Waals surface area contributed by atoms with E-state index in [2.05, 4.69) is 26.0 Å². The Balaban J connectivity index is 1.97. The summed E-state index contributed by atoms with van der Waals surface area (Å²) in [7, 11) is 0. The van der Waals surface area contributed by atoms with Crippen molar-refractivity contribution >= 4 is 11.6 Å². The van der Waals surface area contributed by atoms with Gasteiger partial charge in [0.15, 0.2) is 0 Å². The van der Waals surface area contributed by atoms with Crippen molar-refractivity contribution < 1.29 is 14.3 Å². The van der Waals surface area contributed by atoms with Gasteiger partial charge < -0.3 is 14.4 Å². The minimum Gasteiger partial charge on any atom is -0.338 e. The lowest BCUT2D eigenvalue weighted by Crippen LogP contribution is -2.47. The highest BCUT2D eigenvalue weighted by atomic mass is 16.7. The van der Waals surface area contributed by atoms with Crippen LogP contribution in [0.25, 0.3) is 0 Å². The zero-order valence-corrected chi connectivity index (χ0v) is 14.5. The smallest absolute Gasteiger partial charge is 0.292 e. The first kappa shape index (κ1) is 16.5. The van der Waals surface area contributed by atoms with Crippen LogP contribution in [-0.2, 0) is 20.1 Å². The topological polar surface area (TPSA) is 38.8 Å². The third-order valence-corrected chi connectivity index (χ3v) is 4.85. The van der Waals surface area contributed by atoms with Gasteiger partial charge in [-0.3, -0.25) is 4.79 Å². The van der Waals surface area contributed by atoms with Gasteiger partial charge in [-0.2, -0.15) is 0 Å². The predicted octanol–water partition coefficient (Wildman–Crippen LogP) is 3.82. The first-order chi connectivity index (χ1) is 11.1. The summed E-state index contributed by atoms with van der Waals surface area (Å²) >= 11 is 0. The van der Waals surface area contributed by atoms with Crippen LogP contribution < -0.4 is 4.90 Å². The van der Waals surface area contributed by atoms with Crippen LogP contribution in [0.2, 0.25) is 0 Å². The normalized spacial score (nSPS) is 19.4. The van der Waals surface area contributed by atoms with Gasteiger partial charge in [0.25, 0.3) is 11.7 Å². The molecule has 1 amide bonds. The SMILES string of the molecule is CCCCCCN1C(=O)C2(OCCCO2)c2c(C)ccc(C)c21. The van der Waals surface area contributed by atoms with Crippen LogP contribution in [0.15, 0.2) is 12.1 Å². The number of benzene rings is 1. The Hall–Kier alpha value is -1.39. The Morgan fingerprint density at radius 2 is 1.78 bits per heavy atom. The molecule has 0 aromatic heterocycles. The van der Waals surface area contributed by atoms with E-state index in [1.54, 1.807) is 0 Å². The number of ether oxygens (including phenoxy) is 2. The van der Waals surface area contributed by atoms with E-state index >= 15 is 0 Å². The van der Waals surface area contributed by atoms with Crippen LogP contribution in [0.3, 0.4) is 0 Å². The van der Waals surface area contributed by atoms with Gasteiger partial charge in [-0.15, -0.1) is 0 Å². The predicted molar refractivity (Wildman–Crippen MR) is 90.6 cm³/mol. The summed E-state index contributed by atoms with van der Waals surface area (Å²) in [6, 6.07) is 4.15. The Bertz CT molecular complexity index is 591. The van der Waals surface area contributed by atoms with Crippen molar-refractivity contribution in [2.24, 2.45) is 0 Å². The maximum atomic E-state index is 13.2. The minimum atomic E-state index is -1.20. The number of rotatable bonds is 5. The van der Waals surface area contributed by atoms with Crippen molar-refractivity contribution in [2.45, 2.75) is 58.7 Å². The van der Waals surface area contributed by atoms with Crippen LogP contribution >= 0.6 is 0 Å². The fourth-order valence-electron chi connectivity index (χ4n) is 3.66. The molecule has 4 heteroatoms. The number of nitrogens with zero attached hydrogens (tertiary/aromatic N) is 1. The molecule has 0 radical (unpaired) electrons. The zero-order valence-electron chi connectivity index (χ0n) is 14.5. The van der Waals surface area contributed by atoms with Crippen molar-refractivity contribution in [2.75, 3.05) is 24.7 Å². The van der Waals surface area contributed by atoms with Gasteiger partial charge in [-0.1, -0.05) is 38.3 Å². The number of anilines is 1. The summed E-state index contributed by atoms with van der Waals surface area (Å²) in [4.78, 5) is 15.1. The summed E-state index contributed by atoms with van der Waals surface area (Å²) < 4.78 is 11.9. The van der Waals surface area contributed by atoms with Crippen LogP contribution in [0.5, 0.6) is 0 Å². The number of aryl methyl sites for hydroxylation is 2. The molecular weight excluding hydrogens is 290 g/mol. The van der Waals surface area contributed by atoms with Crippen molar-refractivity contribution in [1.82, 2.24) is 0 Å². The van der Waals surface area contributed by atoms with Gasteiger partial charge in [0, 0.05) is 12.1 Å². The summed E-state index contributed by atoms with van der Waals surface area (Å²) in [5.41, 5.74) is 4.12. The molecule has 2 aliphatic rings. The number of hydrogen-bond donors (Lipinski definition) is 0. The number of fused-ring (bicyclic) bond motifs is 2. The van der Waals surface area contributed by atoms with Gasteiger partial charge >= 0.3 is 0 Å². The number of carbonyl (C=O) groups excluding carboxylic acids is 1. The van der Waals surface area contributed by atoms with Crippen LogP contribution in [-0.4, -0.2) is 25.7 Å². The van der Waals surface area contributed by atoms with Crippen molar-refractivity contribution in [3.8, 4) is 0 Å². The Kier molecular flexibility index (Phi) is 4.74. The lowest BCUT2D eigenvalue weighted by molar-refractivity contribution is -0.257. The third-order valence-electron chi connectivity index (χ3n) is 4.85. The second-order valence-electron chi connectivity index (χ2n) is 6.61. The number of carbonyl (C=O) groups is 1. The Labute approximate surface area is 138 Å². The van der Waals surface area contributed by atoms with Gasteiger partial charge in [0.2, 0.25) is 0 Å². The molecule has 1 saturated heterocycles. The van der Waals surface area contributed by atoms with Crippen LogP contribution in [0.1, 0.15) is 55.7 Å². The van der Waals surface area contributed by atoms with E-state index < -0.39 is 5.79 Å². The quantitative estimate of drug-likeness (QED) is 0.775. The average molecular weight is 317 g/mol. The first-order valence-electron chi connectivity index (χ1n) is 8.82. The largest absolute Gasteiger partial charge is 0.338 e. The minimum absolute atomic E-state index is 0.0406. The molecule has 0 bridgehead atoms. The van der Waals surface area contributed by atoms with E-state index in [4.69, 9.17) is 9.47 Å².